The first-order chi connectivity index (χ1) is 14.8. The first-order valence-corrected chi connectivity index (χ1v) is 11.4. The van der Waals surface area contributed by atoms with Crippen molar-refractivity contribution in [3.63, 3.8) is 0 Å². The molecule has 1 aliphatic heterocycles. The highest BCUT2D eigenvalue weighted by atomic mass is 35.5. The van der Waals surface area contributed by atoms with Gasteiger partial charge in [0.1, 0.15) is 6.10 Å². The molecule has 2 atom stereocenters. The molecular formula is C23H27Cl3N2O3. The van der Waals surface area contributed by atoms with Gasteiger partial charge in [-0.3, -0.25) is 4.90 Å². The van der Waals surface area contributed by atoms with Crippen molar-refractivity contribution in [2.24, 2.45) is 5.16 Å². The maximum Gasteiger partial charge on any atom is 0.145 e. The molecular weight excluding hydrogens is 459 g/mol. The molecule has 0 saturated heterocycles. The summed E-state index contributed by atoms with van der Waals surface area (Å²) < 4.78 is 5.56. The third-order valence-electron chi connectivity index (χ3n) is 4.83. The topological polar surface area (TPSA) is 54.3 Å². The predicted octanol–water partition coefficient (Wildman–Crippen LogP) is 5.43. The molecule has 2 aromatic carbocycles. The molecule has 0 radical (unpaired) electrons. The third kappa shape index (κ3) is 7.63. The largest absolute Gasteiger partial charge is 0.390 e. The van der Waals surface area contributed by atoms with Gasteiger partial charge in [-0.15, -0.1) is 0 Å². The van der Waals surface area contributed by atoms with Gasteiger partial charge in [-0.25, -0.2) is 0 Å². The summed E-state index contributed by atoms with van der Waals surface area (Å²) in [7, 11) is 0. The Balaban J connectivity index is 1.64. The molecule has 0 bridgehead atoms. The van der Waals surface area contributed by atoms with Gasteiger partial charge in [0, 0.05) is 36.6 Å². The number of hydrogen-bond donors (Lipinski definition) is 1. The first-order valence-electron chi connectivity index (χ1n) is 10.2. The van der Waals surface area contributed by atoms with Crippen LogP contribution in [-0.4, -0.2) is 53.7 Å². The van der Waals surface area contributed by atoms with Crippen LogP contribution in [0.15, 0.2) is 47.6 Å². The van der Waals surface area contributed by atoms with Crippen molar-refractivity contribution in [1.82, 2.24) is 4.90 Å². The lowest BCUT2D eigenvalue weighted by Gasteiger charge is -2.27. The van der Waals surface area contributed by atoms with E-state index in [1.54, 1.807) is 12.1 Å². The third-order valence-corrected chi connectivity index (χ3v) is 5.81. The molecule has 0 aromatic heterocycles. The molecule has 1 N–H and O–H groups in total. The standard InChI is InChI=1S/C23H27Cl3N2O3/c1-15(2)30-14-19(29)12-28(11-16-4-3-5-18(24)8-16)13-20-10-23(27-31-20)17-6-7-21(25)22(26)9-17/h3-9,15,19-20,29H,10-14H2,1-2H3/t19-,20+/m1/s1. The van der Waals surface area contributed by atoms with Gasteiger partial charge in [0.05, 0.1) is 34.6 Å². The zero-order valence-corrected chi connectivity index (χ0v) is 19.9. The average molecular weight is 486 g/mol. The number of nitrogens with zero attached hydrogens (tertiary/aromatic N) is 2. The number of hydrogen-bond acceptors (Lipinski definition) is 5. The Labute approximate surface area is 198 Å². The van der Waals surface area contributed by atoms with Crippen molar-refractivity contribution in [2.45, 2.75) is 45.1 Å². The molecule has 5 nitrogen and oxygen atoms in total. The molecule has 1 aliphatic rings. The van der Waals surface area contributed by atoms with E-state index in [9.17, 15) is 5.11 Å². The van der Waals surface area contributed by atoms with Crippen LogP contribution in [0, 0.1) is 0 Å². The van der Waals surface area contributed by atoms with Crippen molar-refractivity contribution in [3.05, 3.63) is 68.7 Å². The fourth-order valence-electron chi connectivity index (χ4n) is 3.41. The molecule has 8 heteroatoms. The van der Waals surface area contributed by atoms with Crippen LogP contribution in [0.25, 0.3) is 0 Å². The highest BCUT2D eigenvalue weighted by Gasteiger charge is 2.26. The summed E-state index contributed by atoms with van der Waals surface area (Å²) in [6.07, 6.45) is -0.0422. The summed E-state index contributed by atoms with van der Waals surface area (Å²) in [4.78, 5) is 7.83. The van der Waals surface area contributed by atoms with Crippen molar-refractivity contribution < 1.29 is 14.7 Å². The molecule has 168 valence electrons. The van der Waals surface area contributed by atoms with Gasteiger partial charge in [0.15, 0.2) is 0 Å². The molecule has 31 heavy (non-hydrogen) atoms. The van der Waals surface area contributed by atoms with E-state index < -0.39 is 6.10 Å². The number of aliphatic hydroxyl groups excluding tert-OH is 1. The van der Waals surface area contributed by atoms with Crippen LogP contribution in [0.3, 0.4) is 0 Å². The Bertz CT molecular complexity index is 907. The Morgan fingerprint density at radius 2 is 1.97 bits per heavy atom. The van der Waals surface area contributed by atoms with E-state index in [4.69, 9.17) is 44.4 Å². The highest BCUT2D eigenvalue weighted by Crippen LogP contribution is 2.26. The van der Waals surface area contributed by atoms with E-state index in [-0.39, 0.29) is 18.8 Å². The molecule has 0 spiro atoms. The van der Waals surface area contributed by atoms with E-state index in [0.717, 1.165) is 16.8 Å². The zero-order valence-electron chi connectivity index (χ0n) is 17.6. The number of ether oxygens (including phenoxy) is 1. The number of rotatable bonds is 10. The molecule has 0 fully saturated rings. The van der Waals surface area contributed by atoms with Crippen LogP contribution < -0.4 is 0 Å². The van der Waals surface area contributed by atoms with E-state index in [0.29, 0.717) is 41.1 Å². The second-order valence-electron chi connectivity index (χ2n) is 7.96. The first kappa shape index (κ1) is 24.3. The summed E-state index contributed by atoms with van der Waals surface area (Å²) in [5.74, 6) is 0. The molecule has 0 aliphatic carbocycles. The Morgan fingerprint density at radius 1 is 1.16 bits per heavy atom. The number of benzene rings is 2. The quantitative estimate of drug-likeness (QED) is 0.488. The van der Waals surface area contributed by atoms with Gasteiger partial charge in [-0.1, -0.05) is 58.2 Å². The maximum atomic E-state index is 10.5. The lowest BCUT2D eigenvalue weighted by molar-refractivity contribution is -0.0194. The monoisotopic (exact) mass is 484 g/mol. The van der Waals surface area contributed by atoms with Gasteiger partial charge in [-0.2, -0.15) is 0 Å². The van der Waals surface area contributed by atoms with E-state index >= 15 is 0 Å². The molecule has 0 unspecified atom stereocenters. The van der Waals surface area contributed by atoms with Gasteiger partial charge >= 0.3 is 0 Å². The number of halogens is 3. The SMILES string of the molecule is CC(C)OC[C@H](O)CN(Cc1cccc(Cl)c1)C[C@@H]1CC(c2ccc(Cl)c(Cl)c2)=NO1. The van der Waals surface area contributed by atoms with Crippen molar-refractivity contribution >= 4 is 40.5 Å². The minimum absolute atomic E-state index is 0.0661. The Kier molecular flexibility index (Phi) is 9.02. The Morgan fingerprint density at radius 3 is 2.68 bits per heavy atom. The molecule has 2 aromatic rings. The highest BCUT2D eigenvalue weighted by molar-refractivity contribution is 6.42. The second-order valence-corrected chi connectivity index (χ2v) is 9.21. The fraction of sp³-hybridized carbons (Fsp3) is 0.435. The van der Waals surface area contributed by atoms with Crippen LogP contribution in [0.1, 0.15) is 31.4 Å². The van der Waals surface area contributed by atoms with Crippen LogP contribution in [0.5, 0.6) is 0 Å². The summed E-state index contributed by atoms with van der Waals surface area (Å²) in [6, 6.07) is 13.2. The van der Waals surface area contributed by atoms with Crippen LogP contribution in [0.4, 0.5) is 0 Å². The normalized spacial score (nSPS) is 17.2. The van der Waals surface area contributed by atoms with Crippen molar-refractivity contribution in [2.75, 3.05) is 19.7 Å². The lowest BCUT2D eigenvalue weighted by atomic mass is 10.0. The van der Waals surface area contributed by atoms with E-state index in [1.165, 1.54) is 0 Å². The average Bonchev–Trinajstić information content (AvgIpc) is 3.17. The summed E-state index contributed by atoms with van der Waals surface area (Å²) >= 11 is 18.3. The Hall–Kier alpha value is -1.34. The fourth-order valence-corrected chi connectivity index (χ4v) is 3.92. The molecule has 0 saturated carbocycles. The summed E-state index contributed by atoms with van der Waals surface area (Å²) in [6.45, 7) is 5.84. The van der Waals surface area contributed by atoms with Crippen molar-refractivity contribution in [1.29, 1.82) is 0 Å². The smallest absolute Gasteiger partial charge is 0.145 e. The van der Waals surface area contributed by atoms with Crippen LogP contribution in [-0.2, 0) is 16.1 Å². The summed E-state index contributed by atoms with van der Waals surface area (Å²) in [5.41, 5.74) is 2.78. The molecule has 0 amide bonds. The van der Waals surface area contributed by atoms with E-state index in [2.05, 4.69) is 10.1 Å². The van der Waals surface area contributed by atoms with Gasteiger partial charge in [0.25, 0.3) is 0 Å². The minimum atomic E-state index is -0.613. The van der Waals surface area contributed by atoms with Gasteiger partial charge < -0.3 is 14.7 Å². The van der Waals surface area contributed by atoms with Crippen LogP contribution in [0.2, 0.25) is 15.1 Å². The molecule has 3 rings (SSSR count). The van der Waals surface area contributed by atoms with Gasteiger partial charge in [0.2, 0.25) is 0 Å². The number of oxime groups is 1. The molecule has 1 heterocycles. The van der Waals surface area contributed by atoms with E-state index in [1.807, 2.05) is 44.2 Å². The second kappa shape index (κ2) is 11.5. The maximum absolute atomic E-state index is 10.5. The van der Waals surface area contributed by atoms with Gasteiger partial charge in [-0.05, 0) is 43.7 Å². The van der Waals surface area contributed by atoms with Crippen LogP contribution >= 0.6 is 34.8 Å². The lowest BCUT2D eigenvalue weighted by Crippen LogP contribution is -2.39. The minimum Gasteiger partial charge on any atom is -0.390 e. The summed E-state index contributed by atoms with van der Waals surface area (Å²) in [5, 5.41) is 16.4. The van der Waals surface area contributed by atoms with Crippen molar-refractivity contribution in [3.8, 4) is 0 Å². The zero-order chi connectivity index (χ0) is 22.4. The number of aliphatic hydroxyl groups is 1. The predicted molar refractivity (Wildman–Crippen MR) is 126 cm³/mol.